The maximum Gasteiger partial charge on any atom is 0.127 e. The van der Waals surface area contributed by atoms with Crippen molar-refractivity contribution in [3.8, 4) is 11.5 Å². The highest BCUT2D eigenvalue weighted by atomic mass is 32.2. The summed E-state index contributed by atoms with van der Waals surface area (Å²) in [6.07, 6.45) is 0. The maximum atomic E-state index is 5.79. The molecule has 3 aromatic carbocycles. The second-order valence-electron chi connectivity index (χ2n) is 4.80. The average molecular weight is 419 g/mol. The highest BCUT2D eigenvalue weighted by molar-refractivity contribution is 7.99. The largest absolute Gasteiger partial charge is 0.457 e. The van der Waals surface area contributed by atoms with Crippen molar-refractivity contribution in [2.75, 3.05) is 0 Å². The van der Waals surface area contributed by atoms with Crippen LogP contribution >= 0.6 is 11.8 Å². The van der Waals surface area contributed by atoms with Crippen LogP contribution in [0.3, 0.4) is 0 Å². The van der Waals surface area contributed by atoms with Crippen molar-refractivity contribution in [3.05, 3.63) is 84.4 Å². The molecule has 0 aliphatic heterocycles. The van der Waals surface area contributed by atoms with Crippen LogP contribution in [-0.4, -0.2) is 11.0 Å². The topological polar surface area (TPSA) is 72.2 Å². The van der Waals surface area contributed by atoms with E-state index in [1.165, 1.54) is 15.4 Å². The summed E-state index contributed by atoms with van der Waals surface area (Å²) in [6, 6.07) is 26.6. The van der Waals surface area contributed by atoms with Crippen LogP contribution in [0.5, 0.6) is 11.5 Å². The van der Waals surface area contributed by atoms with E-state index in [9.17, 15) is 0 Å². The Balaban J connectivity index is -0.000000776. The molecule has 0 unspecified atom stereocenters. The Bertz CT molecular complexity index is 696. The zero-order chi connectivity index (χ0) is 20.5. The van der Waals surface area contributed by atoms with Crippen LogP contribution in [0.4, 0.5) is 0 Å². The molecule has 162 valence electrons. The molecule has 0 aliphatic rings. The van der Waals surface area contributed by atoms with E-state index in [0.29, 0.717) is 0 Å². The fourth-order valence-corrected chi connectivity index (χ4v) is 2.76. The lowest BCUT2D eigenvalue weighted by Crippen LogP contribution is -1.83. The molecule has 4 N–H and O–H groups in total. The molecule has 3 rings (SSSR count). The summed E-state index contributed by atoms with van der Waals surface area (Å²) in [4.78, 5) is 2.46. The third kappa shape index (κ3) is 12.7. The second-order valence-corrected chi connectivity index (χ2v) is 5.95. The fourth-order valence-electron chi connectivity index (χ4n) is 1.94. The summed E-state index contributed by atoms with van der Waals surface area (Å²) in [5.41, 5.74) is 1.28. The number of para-hydroxylation sites is 1. The second kappa shape index (κ2) is 20.5. The van der Waals surface area contributed by atoms with Gasteiger partial charge in [-0.05, 0) is 55.5 Å². The summed E-state index contributed by atoms with van der Waals surface area (Å²) < 4.78 is 5.79. The number of rotatable bonds is 4. The molecule has 3 nitrogen and oxygen atoms in total. The predicted molar refractivity (Wildman–Crippen MR) is 130 cm³/mol. The van der Waals surface area contributed by atoms with E-state index in [2.05, 4.69) is 43.3 Å². The molecule has 0 amide bonds. The highest BCUT2D eigenvalue weighted by Crippen LogP contribution is 2.30. The van der Waals surface area contributed by atoms with Crippen LogP contribution in [0.15, 0.2) is 88.7 Å². The Morgan fingerprint density at radius 1 is 0.517 bits per heavy atom. The first-order valence-electron chi connectivity index (χ1n) is 9.87. The third-order valence-corrected chi connectivity index (χ3v) is 4.08. The normalized spacial score (nSPS) is 8.10. The van der Waals surface area contributed by atoms with Crippen molar-refractivity contribution < 1.29 is 15.7 Å². The van der Waals surface area contributed by atoms with Gasteiger partial charge in [-0.1, -0.05) is 89.2 Å². The molecule has 29 heavy (non-hydrogen) atoms. The molecule has 0 heterocycles. The van der Waals surface area contributed by atoms with E-state index in [-0.39, 0.29) is 11.0 Å². The van der Waals surface area contributed by atoms with Crippen molar-refractivity contribution >= 4 is 11.8 Å². The zero-order valence-corrected chi connectivity index (χ0v) is 19.6. The predicted octanol–water partition coefficient (Wildman–Crippen LogP) is 7.37. The molecular formula is C25H38O3S. The van der Waals surface area contributed by atoms with Gasteiger partial charge in [0.2, 0.25) is 0 Å². The third-order valence-electron chi connectivity index (χ3n) is 3.06. The first kappa shape index (κ1) is 31.4. The van der Waals surface area contributed by atoms with Gasteiger partial charge < -0.3 is 15.7 Å². The number of hydrogen-bond acceptors (Lipinski definition) is 2. The van der Waals surface area contributed by atoms with E-state index in [1.54, 1.807) is 11.8 Å². The lowest BCUT2D eigenvalue weighted by Gasteiger charge is -2.07. The molecule has 4 heteroatoms. The Morgan fingerprint density at radius 3 is 1.34 bits per heavy atom. The summed E-state index contributed by atoms with van der Waals surface area (Å²) in [6.45, 7) is 14.1. The fraction of sp³-hybridized carbons (Fsp3) is 0.280. The molecule has 3 aromatic rings. The average Bonchev–Trinajstić information content (AvgIpc) is 2.76. The minimum absolute atomic E-state index is 0. The molecule has 0 aliphatic carbocycles. The molecule has 0 fully saturated rings. The van der Waals surface area contributed by atoms with E-state index >= 15 is 0 Å². The number of ether oxygens (including phenoxy) is 1. The van der Waals surface area contributed by atoms with Crippen molar-refractivity contribution in [1.82, 2.24) is 0 Å². The zero-order valence-electron chi connectivity index (χ0n) is 18.8. The summed E-state index contributed by atoms with van der Waals surface area (Å²) in [5.74, 6) is 1.71. The number of aryl methyl sites for hydroxylation is 1. The van der Waals surface area contributed by atoms with Crippen LogP contribution < -0.4 is 4.74 Å². The molecule has 0 radical (unpaired) electrons. The van der Waals surface area contributed by atoms with Crippen LogP contribution in [0.2, 0.25) is 0 Å². The van der Waals surface area contributed by atoms with Gasteiger partial charge in [-0.25, -0.2) is 0 Å². The van der Waals surface area contributed by atoms with Gasteiger partial charge in [0, 0.05) is 9.79 Å². The lowest BCUT2D eigenvalue weighted by molar-refractivity contribution is 0.482. The molecule has 0 bridgehead atoms. The van der Waals surface area contributed by atoms with Gasteiger partial charge in [0.25, 0.3) is 0 Å². The van der Waals surface area contributed by atoms with Crippen LogP contribution in [0.25, 0.3) is 0 Å². The van der Waals surface area contributed by atoms with Gasteiger partial charge in [-0.2, -0.15) is 0 Å². The summed E-state index contributed by atoms with van der Waals surface area (Å²) in [7, 11) is 0. The minimum atomic E-state index is 0. The van der Waals surface area contributed by atoms with E-state index in [4.69, 9.17) is 4.74 Å². The highest BCUT2D eigenvalue weighted by Gasteiger charge is 2.00. The van der Waals surface area contributed by atoms with Gasteiger partial charge in [-0.3, -0.25) is 0 Å². The first-order chi connectivity index (χ1) is 13.3. The number of hydrogen-bond donors (Lipinski definition) is 0. The smallest absolute Gasteiger partial charge is 0.127 e. The SMILES string of the molecule is CC.CC.CC.Cc1ccc(Sc2ccc(Oc3ccccc3)cc2)cc1.O.O. The maximum absolute atomic E-state index is 5.79. The van der Waals surface area contributed by atoms with Crippen LogP contribution in [0.1, 0.15) is 47.1 Å². The Hall–Kier alpha value is -2.27. The van der Waals surface area contributed by atoms with Crippen molar-refractivity contribution in [3.63, 3.8) is 0 Å². The van der Waals surface area contributed by atoms with Gasteiger partial charge in [0.05, 0.1) is 0 Å². The van der Waals surface area contributed by atoms with Crippen molar-refractivity contribution in [2.24, 2.45) is 0 Å². The summed E-state index contributed by atoms with van der Waals surface area (Å²) in [5, 5.41) is 0. The van der Waals surface area contributed by atoms with Crippen molar-refractivity contribution in [1.29, 1.82) is 0 Å². The van der Waals surface area contributed by atoms with E-state index in [0.717, 1.165) is 11.5 Å². The Morgan fingerprint density at radius 2 is 0.897 bits per heavy atom. The molecule has 0 saturated carbocycles. The molecule has 0 spiro atoms. The molecular weight excluding hydrogens is 380 g/mol. The Labute approximate surface area is 181 Å². The van der Waals surface area contributed by atoms with Gasteiger partial charge in [0.1, 0.15) is 11.5 Å². The van der Waals surface area contributed by atoms with E-state index < -0.39 is 0 Å². The quantitative estimate of drug-likeness (QED) is 0.443. The monoisotopic (exact) mass is 418 g/mol. The standard InChI is InChI=1S/C19H16OS.3C2H6.2H2O/c1-15-7-11-18(12-8-15)21-19-13-9-17(10-14-19)20-16-5-3-2-4-6-16;3*1-2;;/h2-14H,1H3;3*1-2H3;2*1H2. The Kier molecular flexibility index (Phi) is 22.2. The lowest BCUT2D eigenvalue weighted by atomic mass is 10.2. The molecule has 0 aromatic heterocycles. The molecule has 0 atom stereocenters. The van der Waals surface area contributed by atoms with Crippen LogP contribution in [0, 0.1) is 6.92 Å². The minimum Gasteiger partial charge on any atom is -0.457 e. The van der Waals surface area contributed by atoms with Crippen molar-refractivity contribution in [2.45, 2.75) is 58.3 Å². The van der Waals surface area contributed by atoms with Gasteiger partial charge >= 0.3 is 0 Å². The van der Waals surface area contributed by atoms with Gasteiger partial charge in [0.15, 0.2) is 0 Å². The summed E-state index contributed by atoms with van der Waals surface area (Å²) >= 11 is 1.76. The van der Waals surface area contributed by atoms with Gasteiger partial charge in [-0.15, -0.1) is 0 Å². The number of benzene rings is 3. The van der Waals surface area contributed by atoms with Crippen LogP contribution in [-0.2, 0) is 0 Å². The first-order valence-corrected chi connectivity index (χ1v) is 10.7. The van der Waals surface area contributed by atoms with E-state index in [1.807, 2.05) is 84.0 Å². The molecule has 0 saturated heterocycles.